The highest BCUT2D eigenvalue weighted by Crippen LogP contribution is 2.34. The SMILES string of the molecule is CC(C)(C)c1cc(Oc2cc(F)cc(C(F)(F)F)c2)ccn1. The molecule has 6 heteroatoms. The van der Waals surface area contributed by atoms with E-state index in [9.17, 15) is 17.6 Å². The number of pyridine rings is 1. The van der Waals surface area contributed by atoms with E-state index in [0.29, 0.717) is 11.8 Å². The summed E-state index contributed by atoms with van der Waals surface area (Å²) >= 11 is 0. The second-order valence-corrected chi connectivity index (χ2v) is 5.90. The number of rotatable bonds is 2. The van der Waals surface area contributed by atoms with Gasteiger partial charge in [0.05, 0.1) is 5.56 Å². The average molecular weight is 313 g/mol. The monoisotopic (exact) mass is 313 g/mol. The summed E-state index contributed by atoms with van der Waals surface area (Å²) in [5, 5.41) is 0. The largest absolute Gasteiger partial charge is 0.457 e. The maximum absolute atomic E-state index is 13.3. The molecule has 0 aliphatic rings. The molecule has 0 fully saturated rings. The topological polar surface area (TPSA) is 22.1 Å². The molecule has 0 unspecified atom stereocenters. The van der Waals surface area contributed by atoms with Gasteiger partial charge in [-0.3, -0.25) is 4.98 Å². The van der Waals surface area contributed by atoms with Crippen molar-refractivity contribution in [2.75, 3.05) is 0 Å². The molecular formula is C16H15F4NO. The van der Waals surface area contributed by atoms with Crippen molar-refractivity contribution in [2.24, 2.45) is 0 Å². The molecule has 0 amide bonds. The molecule has 2 aromatic rings. The lowest BCUT2D eigenvalue weighted by molar-refractivity contribution is -0.137. The van der Waals surface area contributed by atoms with Crippen LogP contribution in [-0.4, -0.2) is 4.98 Å². The molecule has 1 heterocycles. The lowest BCUT2D eigenvalue weighted by Crippen LogP contribution is -2.13. The van der Waals surface area contributed by atoms with E-state index in [1.54, 1.807) is 6.07 Å². The summed E-state index contributed by atoms with van der Waals surface area (Å²) in [7, 11) is 0. The first kappa shape index (κ1) is 16.3. The third-order valence-corrected chi connectivity index (χ3v) is 2.93. The highest BCUT2D eigenvalue weighted by atomic mass is 19.4. The highest BCUT2D eigenvalue weighted by Gasteiger charge is 2.31. The van der Waals surface area contributed by atoms with Gasteiger partial charge in [0.15, 0.2) is 0 Å². The van der Waals surface area contributed by atoms with Crippen molar-refractivity contribution in [1.82, 2.24) is 4.98 Å². The predicted molar refractivity (Wildman–Crippen MR) is 74.4 cm³/mol. The Hall–Kier alpha value is -2.11. The molecule has 0 spiro atoms. The lowest BCUT2D eigenvalue weighted by atomic mass is 9.92. The molecule has 2 rings (SSSR count). The molecule has 1 aromatic carbocycles. The van der Waals surface area contributed by atoms with Crippen LogP contribution in [0.2, 0.25) is 0 Å². The van der Waals surface area contributed by atoms with E-state index in [-0.39, 0.29) is 11.2 Å². The van der Waals surface area contributed by atoms with Gasteiger partial charge >= 0.3 is 6.18 Å². The summed E-state index contributed by atoms with van der Waals surface area (Å²) in [6.07, 6.45) is -3.13. The quantitative estimate of drug-likeness (QED) is 0.699. The number of aromatic nitrogens is 1. The fourth-order valence-electron chi connectivity index (χ4n) is 1.81. The zero-order chi connectivity index (χ0) is 16.5. The summed E-state index contributed by atoms with van der Waals surface area (Å²) in [5.41, 5.74) is -0.608. The van der Waals surface area contributed by atoms with Crippen LogP contribution in [0.15, 0.2) is 36.5 Å². The normalized spacial score (nSPS) is 12.3. The molecule has 0 N–H and O–H groups in total. The van der Waals surface area contributed by atoms with Crippen molar-refractivity contribution in [3.05, 3.63) is 53.6 Å². The number of alkyl halides is 3. The molecular weight excluding hydrogens is 298 g/mol. The molecule has 0 atom stereocenters. The maximum atomic E-state index is 13.3. The van der Waals surface area contributed by atoms with E-state index in [1.165, 1.54) is 12.3 Å². The summed E-state index contributed by atoms with van der Waals surface area (Å²) in [4.78, 5) is 4.19. The van der Waals surface area contributed by atoms with Crippen molar-refractivity contribution in [3.63, 3.8) is 0 Å². The van der Waals surface area contributed by atoms with Gasteiger partial charge in [-0.2, -0.15) is 13.2 Å². The second-order valence-electron chi connectivity index (χ2n) is 5.90. The Morgan fingerprint density at radius 2 is 1.64 bits per heavy atom. The lowest BCUT2D eigenvalue weighted by Gasteiger charge is -2.18. The third-order valence-electron chi connectivity index (χ3n) is 2.93. The molecule has 0 aliphatic heterocycles. The van der Waals surface area contributed by atoms with Crippen LogP contribution in [0.3, 0.4) is 0 Å². The summed E-state index contributed by atoms with van der Waals surface area (Å²) in [6.45, 7) is 5.84. The predicted octanol–water partition coefficient (Wildman–Crippen LogP) is 5.33. The Kier molecular flexibility index (Phi) is 4.13. The fourth-order valence-corrected chi connectivity index (χ4v) is 1.81. The van der Waals surface area contributed by atoms with Crippen LogP contribution < -0.4 is 4.74 Å². The van der Waals surface area contributed by atoms with Gasteiger partial charge in [-0.15, -0.1) is 0 Å². The van der Waals surface area contributed by atoms with E-state index in [0.717, 1.165) is 17.8 Å². The van der Waals surface area contributed by atoms with Crippen LogP contribution in [0.25, 0.3) is 0 Å². The van der Waals surface area contributed by atoms with Gasteiger partial charge in [-0.1, -0.05) is 20.8 Å². The van der Waals surface area contributed by atoms with Crippen LogP contribution in [0.5, 0.6) is 11.5 Å². The number of nitrogens with zero attached hydrogens (tertiary/aromatic N) is 1. The van der Waals surface area contributed by atoms with Crippen molar-refractivity contribution in [3.8, 4) is 11.5 Å². The third kappa shape index (κ3) is 3.96. The van der Waals surface area contributed by atoms with Gasteiger partial charge in [0, 0.05) is 29.4 Å². The van der Waals surface area contributed by atoms with Crippen molar-refractivity contribution < 1.29 is 22.3 Å². The fraction of sp³-hybridized carbons (Fsp3) is 0.312. The first-order valence-corrected chi connectivity index (χ1v) is 6.58. The smallest absolute Gasteiger partial charge is 0.416 e. The molecule has 0 saturated carbocycles. The van der Waals surface area contributed by atoms with Gasteiger partial charge in [0.1, 0.15) is 17.3 Å². The van der Waals surface area contributed by atoms with E-state index in [1.807, 2.05) is 20.8 Å². The van der Waals surface area contributed by atoms with Crippen LogP contribution in [0.1, 0.15) is 32.0 Å². The minimum absolute atomic E-state index is 0.210. The van der Waals surface area contributed by atoms with Crippen LogP contribution in [0, 0.1) is 5.82 Å². The average Bonchev–Trinajstić information content (AvgIpc) is 2.36. The minimum atomic E-state index is -4.63. The van der Waals surface area contributed by atoms with Gasteiger partial charge in [-0.25, -0.2) is 4.39 Å². The number of halogens is 4. The number of ether oxygens (including phenoxy) is 1. The van der Waals surface area contributed by atoms with Gasteiger partial charge in [-0.05, 0) is 18.2 Å². The zero-order valence-corrected chi connectivity index (χ0v) is 12.3. The number of hydrogen-bond donors (Lipinski definition) is 0. The van der Waals surface area contributed by atoms with Crippen LogP contribution in [0.4, 0.5) is 17.6 Å². The molecule has 22 heavy (non-hydrogen) atoms. The summed E-state index contributed by atoms with van der Waals surface area (Å²) in [5.74, 6) is -0.910. The van der Waals surface area contributed by atoms with E-state index < -0.39 is 17.6 Å². The molecule has 0 aliphatic carbocycles. The van der Waals surface area contributed by atoms with E-state index in [4.69, 9.17) is 4.74 Å². The molecule has 118 valence electrons. The molecule has 2 nitrogen and oxygen atoms in total. The summed E-state index contributed by atoms with van der Waals surface area (Å²) < 4.78 is 56.7. The first-order valence-electron chi connectivity index (χ1n) is 6.58. The Labute approximate surface area is 125 Å². The highest BCUT2D eigenvalue weighted by molar-refractivity contribution is 5.36. The summed E-state index contributed by atoms with van der Waals surface area (Å²) in [6, 6.07) is 5.23. The number of benzene rings is 1. The Morgan fingerprint density at radius 1 is 0.955 bits per heavy atom. The molecule has 1 aromatic heterocycles. The van der Waals surface area contributed by atoms with Gasteiger partial charge < -0.3 is 4.74 Å². The Balaban J connectivity index is 2.34. The molecule has 0 saturated heterocycles. The minimum Gasteiger partial charge on any atom is -0.457 e. The second kappa shape index (κ2) is 5.59. The van der Waals surface area contributed by atoms with Crippen LogP contribution in [-0.2, 0) is 11.6 Å². The van der Waals surface area contributed by atoms with Crippen molar-refractivity contribution in [2.45, 2.75) is 32.4 Å². The van der Waals surface area contributed by atoms with E-state index in [2.05, 4.69) is 4.98 Å². The molecule has 0 bridgehead atoms. The molecule has 0 radical (unpaired) electrons. The first-order chi connectivity index (χ1) is 10.1. The zero-order valence-electron chi connectivity index (χ0n) is 12.3. The van der Waals surface area contributed by atoms with Crippen molar-refractivity contribution in [1.29, 1.82) is 0 Å². The Morgan fingerprint density at radius 3 is 2.23 bits per heavy atom. The Bertz CT molecular complexity index is 675. The van der Waals surface area contributed by atoms with E-state index >= 15 is 0 Å². The maximum Gasteiger partial charge on any atom is 0.416 e. The standard InChI is InChI=1S/C16H15F4NO/c1-15(2,3)14-9-12(4-5-21-14)22-13-7-10(16(18,19)20)6-11(17)8-13/h4-9H,1-3H3. The van der Waals surface area contributed by atoms with Crippen LogP contribution >= 0.6 is 0 Å². The van der Waals surface area contributed by atoms with Gasteiger partial charge in [0.25, 0.3) is 0 Å². The van der Waals surface area contributed by atoms with Gasteiger partial charge in [0.2, 0.25) is 0 Å². The number of hydrogen-bond acceptors (Lipinski definition) is 2. The van der Waals surface area contributed by atoms with Crippen molar-refractivity contribution >= 4 is 0 Å².